The fraction of sp³-hybridized carbons (Fsp3) is 0.227. The van der Waals surface area contributed by atoms with Crippen molar-refractivity contribution in [3.8, 4) is 0 Å². The van der Waals surface area contributed by atoms with Crippen LogP contribution in [0.25, 0.3) is 0 Å². The third-order valence-electron chi connectivity index (χ3n) is 5.00. The van der Waals surface area contributed by atoms with Crippen LogP contribution in [0.5, 0.6) is 0 Å². The monoisotopic (exact) mass is 373 g/mol. The molecular formula is C22H23N5O. The van der Waals surface area contributed by atoms with Crippen LogP contribution in [-0.4, -0.2) is 15.9 Å². The Labute approximate surface area is 164 Å². The molecule has 0 atom stereocenters. The van der Waals surface area contributed by atoms with Crippen LogP contribution >= 0.6 is 0 Å². The Hall–Kier alpha value is -3.41. The Morgan fingerprint density at radius 1 is 0.893 bits per heavy atom. The van der Waals surface area contributed by atoms with Crippen LogP contribution in [0.2, 0.25) is 0 Å². The highest BCUT2D eigenvalue weighted by Crippen LogP contribution is 2.27. The van der Waals surface area contributed by atoms with Gasteiger partial charge in [0.05, 0.1) is 0 Å². The molecule has 2 heterocycles. The summed E-state index contributed by atoms with van der Waals surface area (Å²) in [7, 11) is 0. The van der Waals surface area contributed by atoms with Gasteiger partial charge in [0.15, 0.2) is 0 Å². The standard InChI is InChI=1S/C22H23N5O/c1-13-4-6-17(10-14(13)2)24-21-15(3)12-23-22(27-21)25-18-7-8-19-16(11-18)5-9-20(28)26-19/h4,6-8,10-12H,5,9H2,1-3H3,(H,26,28)(H2,23,24,25,27). The van der Waals surface area contributed by atoms with Gasteiger partial charge in [-0.05, 0) is 74.2 Å². The van der Waals surface area contributed by atoms with Gasteiger partial charge in [0.1, 0.15) is 5.82 Å². The van der Waals surface area contributed by atoms with E-state index in [1.807, 2.05) is 25.1 Å². The van der Waals surface area contributed by atoms with Gasteiger partial charge in [-0.2, -0.15) is 4.98 Å². The van der Waals surface area contributed by atoms with Gasteiger partial charge in [-0.3, -0.25) is 4.79 Å². The van der Waals surface area contributed by atoms with Crippen molar-refractivity contribution in [2.24, 2.45) is 0 Å². The number of amides is 1. The normalized spacial score (nSPS) is 12.9. The van der Waals surface area contributed by atoms with Crippen LogP contribution in [0.4, 0.5) is 28.8 Å². The van der Waals surface area contributed by atoms with Gasteiger partial charge in [0, 0.05) is 35.2 Å². The predicted octanol–water partition coefficient (Wildman–Crippen LogP) is 4.77. The Bertz CT molecular complexity index is 1060. The topological polar surface area (TPSA) is 78.9 Å². The second-order valence-electron chi connectivity index (χ2n) is 7.19. The molecule has 0 bridgehead atoms. The minimum atomic E-state index is 0.0668. The summed E-state index contributed by atoms with van der Waals surface area (Å²) in [6, 6.07) is 12.1. The molecule has 1 aromatic heterocycles. The summed E-state index contributed by atoms with van der Waals surface area (Å²) < 4.78 is 0. The van der Waals surface area contributed by atoms with Crippen LogP contribution < -0.4 is 16.0 Å². The lowest BCUT2D eigenvalue weighted by Gasteiger charge is -2.18. The number of aromatic nitrogens is 2. The summed E-state index contributed by atoms with van der Waals surface area (Å²) in [6.45, 7) is 6.18. The summed E-state index contributed by atoms with van der Waals surface area (Å²) in [6.07, 6.45) is 3.06. The predicted molar refractivity (Wildman–Crippen MR) is 113 cm³/mol. The zero-order chi connectivity index (χ0) is 19.7. The summed E-state index contributed by atoms with van der Waals surface area (Å²) in [5.41, 5.74) is 7.36. The van der Waals surface area contributed by atoms with Crippen LogP contribution in [0.1, 0.15) is 28.7 Å². The molecule has 0 radical (unpaired) electrons. The van der Waals surface area contributed by atoms with Crippen LogP contribution in [-0.2, 0) is 11.2 Å². The van der Waals surface area contributed by atoms with Gasteiger partial charge in [-0.1, -0.05) is 6.07 Å². The smallest absolute Gasteiger partial charge is 0.229 e. The van der Waals surface area contributed by atoms with Gasteiger partial charge in [0.2, 0.25) is 11.9 Å². The highest BCUT2D eigenvalue weighted by atomic mass is 16.1. The summed E-state index contributed by atoms with van der Waals surface area (Å²) in [4.78, 5) is 20.5. The van der Waals surface area contributed by atoms with Crippen molar-refractivity contribution in [2.75, 3.05) is 16.0 Å². The Balaban J connectivity index is 1.55. The van der Waals surface area contributed by atoms with Gasteiger partial charge in [-0.15, -0.1) is 0 Å². The van der Waals surface area contributed by atoms with E-state index in [9.17, 15) is 4.79 Å². The van der Waals surface area contributed by atoms with Crippen molar-refractivity contribution in [3.63, 3.8) is 0 Å². The number of carbonyl (C=O) groups is 1. The number of fused-ring (bicyclic) bond motifs is 1. The van der Waals surface area contributed by atoms with Crippen LogP contribution in [0.3, 0.4) is 0 Å². The molecule has 142 valence electrons. The van der Waals surface area contributed by atoms with E-state index >= 15 is 0 Å². The summed E-state index contributed by atoms with van der Waals surface area (Å²) >= 11 is 0. The van der Waals surface area contributed by atoms with E-state index < -0.39 is 0 Å². The average molecular weight is 373 g/mol. The number of nitrogens with zero attached hydrogens (tertiary/aromatic N) is 2. The van der Waals surface area contributed by atoms with Gasteiger partial charge < -0.3 is 16.0 Å². The van der Waals surface area contributed by atoms with E-state index in [0.29, 0.717) is 12.4 Å². The van der Waals surface area contributed by atoms with E-state index in [4.69, 9.17) is 0 Å². The minimum absolute atomic E-state index is 0.0668. The largest absolute Gasteiger partial charge is 0.340 e. The molecule has 0 aliphatic carbocycles. The molecule has 0 fully saturated rings. The summed E-state index contributed by atoms with van der Waals surface area (Å²) in [5, 5.41) is 9.54. The molecular weight excluding hydrogens is 350 g/mol. The molecule has 1 aliphatic rings. The Morgan fingerprint density at radius 3 is 2.50 bits per heavy atom. The van der Waals surface area contributed by atoms with E-state index in [1.54, 1.807) is 6.20 Å². The van der Waals surface area contributed by atoms with Gasteiger partial charge >= 0.3 is 0 Å². The maximum Gasteiger partial charge on any atom is 0.229 e. The van der Waals surface area contributed by atoms with Crippen molar-refractivity contribution in [3.05, 3.63) is 64.8 Å². The molecule has 2 aromatic carbocycles. The SMILES string of the molecule is Cc1ccc(Nc2nc(Nc3ccc4c(c3)CCC(=O)N4)ncc2C)cc1C. The summed E-state index contributed by atoms with van der Waals surface area (Å²) in [5.74, 6) is 1.36. The van der Waals surface area contributed by atoms with E-state index in [1.165, 1.54) is 11.1 Å². The van der Waals surface area contributed by atoms with Crippen molar-refractivity contribution in [1.29, 1.82) is 0 Å². The van der Waals surface area contributed by atoms with E-state index in [-0.39, 0.29) is 5.91 Å². The van der Waals surface area contributed by atoms with Crippen LogP contribution in [0.15, 0.2) is 42.6 Å². The molecule has 3 aromatic rings. The highest BCUT2D eigenvalue weighted by Gasteiger charge is 2.15. The molecule has 0 saturated carbocycles. The second-order valence-corrected chi connectivity index (χ2v) is 7.19. The average Bonchev–Trinajstić information content (AvgIpc) is 2.67. The zero-order valence-electron chi connectivity index (χ0n) is 16.3. The first kappa shape index (κ1) is 18.0. The lowest BCUT2D eigenvalue weighted by Crippen LogP contribution is -2.18. The molecule has 0 unspecified atom stereocenters. The number of aryl methyl sites for hydroxylation is 4. The molecule has 1 amide bonds. The van der Waals surface area contributed by atoms with Crippen molar-refractivity contribution >= 4 is 34.7 Å². The third kappa shape index (κ3) is 3.81. The highest BCUT2D eigenvalue weighted by molar-refractivity contribution is 5.94. The lowest BCUT2D eigenvalue weighted by molar-refractivity contribution is -0.116. The number of hydrogen-bond acceptors (Lipinski definition) is 5. The number of rotatable bonds is 4. The Morgan fingerprint density at radius 2 is 1.68 bits per heavy atom. The number of anilines is 5. The fourth-order valence-corrected chi connectivity index (χ4v) is 3.17. The molecule has 6 heteroatoms. The van der Waals surface area contributed by atoms with Crippen molar-refractivity contribution in [1.82, 2.24) is 9.97 Å². The molecule has 28 heavy (non-hydrogen) atoms. The van der Waals surface area contributed by atoms with Crippen molar-refractivity contribution < 1.29 is 4.79 Å². The Kier molecular flexibility index (Phi) is 4.69. The van der Waals surface area contributed by atoms with E-state index in [0.717, 1.165) is 40.4 Å². The van der Waals surface area contributed by atoms with Gasteiger partial charge in [0.25, 0.3) is 0 Å². The first-order valence-electron chi connectivity index (χ1n) is 9.35. The molecule has 0 saturated heterocycles. The number of carbonyl (C=O) groups excluding carboxylic acids is 1. The second kappa shape index (κ2) is 7.31. The molecule has 0 spiro atoms. The zero-order valence-corrected chi connectivity index (χ0v) is 16.3. The quantitative estimate of drug-likeness (QED) is 0.614. The molecule has 1 aliphatic heterocycles. The van der Waals surface area contributed by atoms with Gasteiger partial charge in [-0.25, -0.2) is 4.98 Å². The lowest BCUT2D eigenvalue weighted by atomic mass is 10.0. The number of nitrogens with one attached hydrogen (secondary N) is 3. The molecule has 6 nitrogen and oxygen atoms in total. The van der Waals surface area contributed by atoms with Crippen LogP contribution in [0, 0.1) is 20.8 Å². The number of benzene rings is 2. The maximum absolute atomic E-state index is 11.5. The maximum atomic E-state index is 11.5. The number of hydrogen-bond donors (Lipinski definition) is 3. The minimum Gasteiger partial charge on any atom is -0.340 e. The van der Waals surface area contributed by atoms with Crippen molar-refractivity contribution in [2.45, 2.75) is 33.6 Å². The third-order valence-corrected chi connectivity index (χ3v) is 5.00. The first-order chi connectivity index (χ1) is 13.5. The molecule has 3 N–H and O–H groups in total. The first-order valence-corrected chi connectivity index (χ1v) is 9.35. The fourth-order valence-electron chi connectivity index (χ4n) is 3.17. The molecule has 4 rings (SSSR count). The van der Waals surface area contributed by atoms with E-state index in [2.05, 4.69) is 58.0 Å².